The molecular formula is C23H28N4O2. The Kier molecular flexibility index (Phi) is 4.89. The summed E-state index contributed by atoms with van der Waals surface area (Å²) in [4.78, 5) is 17.7. The Labute approximate surface area is 171 Å². The number of carbonyl (C=O) groups excluding carboxylic acids is 1. The van der Waals surface area contributed by atoms with Crippen LogP contribution in [-0.2, 0) is 11.2 Å². The molecular weight excluding hydrogens is 364 g/mol. The van der Waals surface area contributed by atoms with Crippen molar-refractivity contribution < 1.29 is 9.53 Å². The van der Waals surface area contributed by atoms with Gasteiger partial charge in [-0.1, -0.05) is 24.3 Å². The van der Waals surface area contributed by atoms with Crippen LogP contribution in [0.25, 0.3) is 0 Å². The maximum absolute atomic E-state index is 13.3. The van der Waals surface area contributed by atoms with Crippen molar-refractivity contribution in [2.75, 3.05) is 38.2 Å². The molecule has 2 saturated heterocycles. The zero-order valence-corrected chi connectivity index (χ0v) is 16.8. The van der Waals surface area contributed by atoms with Gasteiger partial charge >= 0.3 is 0 Å². The first kappa shape index (κ1) is 18.5. The fourth-order valence-electron chi connectivity index (χ4n) is 5.04. The summed E-state index contributed by atoms with van der Waals surface area (Å²) in [7, 11) is 1.70. The minimum atomic E-state index is -0.154. The van der Waals surface area contributed by atoms with E-state index in [2.05, 4.69) is 52.1 Å². The molecule has 3 aliphatic rings. The number of methoxy groups -OCH3 is 1. The molecule has 29 heavy (non-hydrogen) atoms. The van der Waals surface area contributed by atoms with Crippen molar-refractivity contribution >= 4 is 11.6 Å². The summed E-state index contributed by atoms with van der Waals surface area (Å²) in [6, 6.07) is 16.8. The molecule has 0 saturated carbocycles. The highest BCUT2D eigenvalue weighted by Gasteiger charge is 2.44. The molecule has 6 heteroatoms. The van der Waals surface area contributed by atoms with Gasteiger partial charge in [-0.05, 0) is 48.2 Å². The van der Waals surface area contributed by atoms with Gasteiger partial charge in [-0.15, -0.1) is 0 Å². The van der Waals surface area contributed by atoms with Crippen LogP contribution in [-0.4, -0.2) is 50.1 Å². The second-order valence-corrected chi connectivity index (χ2v) is 8.16. The van der Waals surface area contributed by atoms with Crippen LogP contribution in [0.5, 0.6) is 5.75 Å². The van der Waals surface area contributed by atoms with Gasteiger partial charge < -0.3 is 14.5 Å². The van der Waals surface area contributed by atoms with E-state index in [9.17, 15) is 4.79 Å². The standard InChI is InChI=1S/C23H28N4O2/c1-29-18-8-10-19-16(15-18)7-9-20-21(19)24-25-22(20)23(28)27-13-11-26(12-14-27)17-5-3-2-4-6-17/h2-6,8,10,15,20-22,24-25H,7,9,11-14H2,1H3. The Bertz CT molecular complexity index is 880. The van der Waals surface area contributed by atoms with Gasteiger partial charge in [-0.3, -0.25) is 4.79 Å². The molecule has 3 unspecified atom stereocenters. The predicted molar refractivity (Wildman–Crippen MR) is 113 cm³/mol. The van der Waals surface area contributed by atoms with Gasteiger partial charge in [0.25, 0.3) is 0 Å². The molecule has 152 valence electrons. The normalized spacial score (nSPS) is 26.0. The lowest BCUT2D eigenvalue weighted by atomic mass is 9.77. The molecule has 2 N–H and O–H groups in total. The van der Waals surface area contributed by atoms with E-state index >= 15 is 0 Å². The average Bonchev–Trinajstić information content (AvgIpc) is 3.23. The topological polar surface area (TPSA) is 56.8 Å². The zero-order chi connectivity index (χ0) is 19.8. The van der Waals surface area contributed by atoms with Crippen LogP contribution in [0.4, 0.5) is 5.69 Å². The first-order valence-electron chi connectivity index (χ1n) is 10.5. The molecule has 0 spiro atoms. The highest BCUT2D eigenvalue weighted by Crippen LogP contribution is 2.40. The number of hydrogen-bond acceptors (Lipinski definition) is 5. The van der Waals surface area contributed by atoms with Crippen LogP contribution in [0, 0.1) is 5.92 Å². The average molecular weight is 393 g/mol. The monoisotopic (exact) mass is 392 g/mol. The molecule has 2 aromatic carbocycles. The fraction of sp³-hybridized carbons (Fsp3) is 0.435. The number of piperazine rings is 1. The Balaban J connectivity index is 1.25. The Morgan fingerprint density at radius 2 is 1.83 bits per heavy atom. The minimum absolute atomic E-state index is 0.154. The number of aryl methyl sites for hydroxylation is 1. The number of benzene rings is 2. The van der Waals surface area contributed by atoms with E-state index in [1.54, 1.807) is 7.11 Å². The number of amides is 1. The molecule has 0 aromatic heterocycles. The molecule has 0 bridgehead atoms. The van der Waals surface area contributed by atoms with E-state index < -0.39 is 0 Å². The first-order chi connectivity index (χ1) is 14.2. The third-order valence-electron chi connectivity index (χ3n) is 6.66. The van der Waals surface area contributed by atoms with Crippen molar-refractivity contribution in [2.45, 2.75) is 24.9 Å². The maximum Gasteiger partial charge on any atom is 0.241 e. The minimum Gasteiger partial charge on any atom is -0.497 e. The summed E-state index contributed by atoms with van der Waals surface area (Å²) < 4.78 is 5.37. The van der Waals surface area contributed by atoms with E-state index in [1.165, 1.54) is 16.8 Å². The largest absolute Gasteiger partial charge is 0.497 e. The summed E-state index contributed by atoms with van der Waals surface area (Å²) in [5.74, 6) is 1.42. The lowest BCUT2D eigenvalue weighted by Gasteiger charge is -2.38. The summed E-state index contributed by atoms with van der Waals surface area (Å²) in [6.07, 6.45) is 1.99. The number of fused-ring (bicyclic) bond motifs is 3. The first-order valence-corrected chi connectivity index (χ1v) is 10.5. The number of para-hydroxylation sites is 1. The van der Waals surface area contributed by atoms with Crippen LogP contribution < -0.4 is 20.5 Å². The van der Waals surface area contributed by atoms with Crippen molar-refractivity contribution in [1.82, 2.24) is 15.8 Å². The second kappa shape index (κ2) is 7.69. The summed E-state index contributed by atoms with van der Waals surface area (Å²) in [5.41, 5.74) is 10.6. The third kappa shape index (κ3) is 3.36. The number of rotatable bonds is 3. The van der Waals surface area contributed by atoms with E-state index in [0.29, 0.717) is 0 Å². The molecule has 5 rings (SSSR count). The number of nitrogens with one attached hydrogen (secondary N) is 2. The van der Waals surface area contributed by atoms with E-state index in [4.69, 9.17) is 4.74 Å². The summed E-state index contributed by atoms with van der Waals surface area (Å²) in [5, 5.41) is 0. The van der Waals surface area contributed by atoms with Gasteiger partial charge in [-0.25, -0.2) is 10.9 Å². The van der Waals surface area contributed by atoms with Crippen molar-refractivity contribution in [3.63, 3.8) is 0 Å². The van der Waals surface area contributed by atoms with E-state index in [0.717, 1.165) is 44.8 Å². The Morgan fingerprint density at radius 1 is 1.03 bits per heavy atom. The van der Waals surface area contributed by atoms with Crippen molar-refractivity contribution in [3.05, 3.63) is 59.7 Å². The van der Waals surface area contributed by atoms with Gasteiger partial charge in [0.05, 0.1) is 13.2 Å². The third-order valence-corrected chi connectivity index (χ3v) is 6.66. The Hall–Kier alpha value is -2.57. The summed E-state index contributed by atoms with van der Waals surface area (Å²) in [6.45, 7) is 3.31. The zero-order valence-electron chi connectivity index (χ0n) is 16.8. The van der Waals surface area contributed by atoms with Gasteiger partial charge in [0.1, 0.15) is 11.8 Å². The quantitative estimate of drug-likeness (QED) is 0.838. The lowest BCUT2D eigenvalue weighted by Crippen LogP contribution is -2.55. The summed E-state index contributed by atoms with van der Waals surface area (Å²) >= 11 is 0. The number of anilines is 1. The molecule has 0 radical (unpaired) electrons. The van der Waals surface area contributed by atoms with Crippen LogP contribution in [0.3, 0.4) is 0 Å². The molecule has 2 heterocycles. The number of hydrazine groups is 1. The highest BCUT2D eigenvalue weighted by atomic mass is 16.5. The van der Waals surface area contributed by atoms with Crippen molar-refractivity contribution in [2.24, 2.45) is 5.92 Å². The number of hydrogen-bond donors (Lipinski definition) is 2. The smallest absolute Gasteiger partial charge is 0.241 e. The molecule has 6 nitrogen and oxygen atoms in total. The van der Waals surface area contributed by atoms with Crippen molar-refractivity contribution in [3.8, 4) is 5.75 Å². The molecule has 2 aromatic rings. The van der Waals surface area contributed by atoms with Gasteiger partial charge in [0, 0.05) is 37.8 Å². The lowest BCUT2D eigenvalue weighted by molar-refractivity contribution is -0.134. The number of nitrogens with zero attached hydrogens (tertiary/aromatic N) is 2. The van der Waals surface area contributed by atoms with Crippen LogP contribution in [0.15, 0.2) is 48.5 Å². The van der Waals surface area contributed by atoms with Crippen LogP contribution >= 0.6 is 0 Å². The maximum atomic E-state index is 13.3. The van der Waals surface area contributed by atoms with E-state index in [-0.39, 0.29) is 23.9 Å². The van der Waals surface area contributed by atoms with Gasteiger partial charge in [-0.2, -0.15) is 0 Å². The van der Waals surface area contributed by atoms with Crippen LogP contribution in [0.1, 0.15) is 23.6 Å². The van der Waals surface area contributed by atoms with Crippen molar-refractivity contribution in [1.29, 1.82) is 0 Å². The highest BCUT2D eigenvalue weighted by molar-refractivity contribution is 5.83. The van der Waals surface area contributed by atoms with E-state index in [1.807, 2.05) is 17.0 Å². The molecule has 2 aliphatic heterocycles. The van der Waals surface area contributed by atoms with Crippen LogP contribution in [0.2, 0.25) is 0 Å². The predicted octanol–water partition coefficient (Wildman–Crippen LogP) is 2.12. The molecule has 1 amide bonds. The molecule has 2 fully saturated rings. The SMILES string of the molecule is COc1ccc2c(c1)CCC1C(C(=O)N3CCN(c4ccccc4)CC3)NNC21. The number of carbonyl (C=O) groups is 1. The van der Waals surface area contributed by atoms with Gasteiger partial charge in [0.15, 0.2) is 0 Å². The fourth-order valence-corrected chi connectivity index (χ4v) is 5.04. The Morgan fingerprint density at radius 3 is 2.59 bits per heavy atom. The second-order valence-electron chi connectivity index (χ2n) is 8.16. The van der Waals surface area contributed by atoms with Gasteiger partial charge in [0.2, 0.25) is 5.91 Å². The molecule has 3 atom stereocenters. The number of ether oxygens (including phenoxy) is 1. The molecule has 1 aliphatic carbocycles.